The van der Waals surface area contributed by atoms with Crippen LogP contribution >= 0.6 is 0 Å². The summed E-state index contributed by atoms with van der Waals surface area (Å²) in [7, 11) is 1.74. The van der Waals surface area contributed by atoms with E-state index in [2.05, 4.69) is 34.9 Å². The molecule has 1 saturated carbocycles. The van der Waals surface area contributed by atoms with E-state index in [9.17, 15) is 0 Å². The van der Waals surface area contributed by atoms with Crippen LogP contribution in [-0.2, 0) is 4.74 Å². The van der Waals surface area contributed by atoms with Crippen molar-refractivity contribution in [3.05, 3.63) is 11.9 Å². The lowest BCUT2D eigenvalue weighted by molar-refractivity contribution is 0.163. The van der Waals surface area contributed by atoms with Crippen LogP contribution in [0.1, 0.15) is 32.0 Å². The van der Waals surface area contributed by atoms with Gasteiger partial charge in [0.1, 0.15) is 0 Å². The monoisotopic (exact) mass is 237 g/mol. The van der Waals surface area contributed by atoms with E-state index in [0.29, 0.717) is 12.6 Å². The summed E-state index contributed by atoms with van der Waals surface area (Å²) in [6, 6.07) is 0.320. The van der Waals surface area contributed by atoms with Crippen LogP contribution in [0.15, 0.2) is 6.20 Å². The lowest BCUT2D eigenvalue weighted by Crippen LogP contribution is -2.15. The average molecular weight is 237 g/mol. The highest BCUT2D eigenvalue weighted by molar-refractivity contribution is 5.30. The molecule has 3 unspecified atom stereocenters. The number of nitrogens with zero attached hydrogens (tertiary/aromatic N) is 2. The van der Waals surface area contributed by atoms with Gasteiger partial charge in [-0.3, -0.25) is 0 Å². The predicted molar refractivity (Wildman–Crippen MR) is 69.3 cm³/mol. The molecule has 1 aliphatic carbocycles. The van der Waals surface area contributed by atoms with E-state index >= 15 is 0 Å². The first-order chi connectivity index (χ1) is 8.11. The summed E-state index contributed by atoms with van der Waals surface area (Å²) in [5, 5.41) is 3.46. The fourth-order valence-corrected chi connectivity index (χ4v) is 2.21. The van der Waals surface area contributed by atoms with Gasteiger partial charge >= 0.3 is 0 Å². The van der Waals surface area contributed by atoms with Crippen LogP contribution in [0.2, 0.25) is 0 Å². The Hall–Kier alpha value is -1.03. The van der Waals surface area contributed by atoms with E-state index in [1.807, 2.05) is 6.92 Å². The molecule has 0 aliphatic heterocycles. The molecule has 3 atom stereocenters. The lowest BCUT2D eigenvalue weighted by Gasteiger charge is -2.16. The topological polar surface area (TPSA) is 39.1 Å². The first kappa shape index (κ1) is 12.4. The van der Waals surface area contributed by atoms with Crippen molar-refractivity contribution in [3.63, 3.8) is 0 Å². The van der Waals surface area contributed by atoms with E-state index in [1.165, 1.54) is 6.42 Å². The summed E-state index contributed by atoms with van der Waals surface area (Å²) in [6.45, 7) is 8.23. The van der Waals surface area contributed by atoms with Gasteiger partial charge in [0.15, 0.2) is 0 Å². The van der Waals surface area contributed by atoms with Crippen LogP contribution in [-0.4, -0.2) is 29.8 Å². The van der Waals surface area contributed by atoms with Crippen LogP contribution in [0.3, 0.4) is 0 Å². The maximum atomic E-state index is 5.20. The van der Waals surface area contributed by atoms with Crippen molar-refractivity contribution in [1.29, 1.82) is 0 Å². The standard InChI is InChI=1S/C13H23N3O/c1-9-5-12(9)6-14-13-15-10(2)7-16(13)11(3)8-17-4/h7,9,11-12H,5-6,8H2,1-4H3,(H,14,15). The van der Waals surface area contributed by atoms with Gasteiger partial charge in [0, 0.05) is 19.9 Å². The number of aryl methyl sites for hydroxylation is 1. The minimum atomic E-state index is 0.320. The Bertz CT molecular complexity index is 375. The third-order valence-electron chi connectivity index (χ3n) is 3.53. The van der Waals surface area contributed by atoms with Gasteiger partial charge in [-0.15, -0.1) is 0 Å². The summed E-state index contributed by atoms with van der Waals surface area (Å²) >= 11 is 0. The van der Waals surface area contributed by atoms with Crippen molar-refractivity contribution in [2.75, 3.05) is 25.6 Å². The Balaban J connectivity index is 1.99. The highest BCUT2D eigenvalue weighted by atomic mass is 16.5. The Morgan fingerprint density at radius 2 is 2.35 bits per heavy atom. The van der Waals surface area contributed by atoms with Crippen LogP contribution in [0, 0.1) is 18.8 Å². The zero-order chi connectivity index (χ0) is 12.4. The molecule has 0 amide bonds. The largest absolute Gasteiger partial charge is 0.383 e. The molecule has 0 bridgehead atoms. The zero-order valence-electron chi connectivity index (χ0n) is 11.2. The highest BCUT2D eigenvalue weighted by Gasteiger charge is 2.32. The molecule has 1 heterocycles. The van der Waals surface area contributed by atoms with E-state index in [4.69, 9.17) is 4.74 Å². The van der Waals surface area contributed by atoms with Gasteiger partial charge in [0.25, 0.3) is 0 Å². The van der Waals surface area contributed by atoms with Crippen molar-refractivity contribution < 1.29 is 4.74 Å². The number of methoxy groups -OCH3 is 1. The van der Waals surface area contributed by atoms with Crippen molar-refractivity contribution in [1.82, 2.24) is 9.55 Å². The van der Waals surface area contributed by atoms with E-state index in [1.54, 1.807) is 7.11 Å². The minimum absolute atomic E-state index is 0.320. The number of imidazole rings is 1. The summed E-state index contributed by atoms with van der Waals surface area (Å²) in [6.07, 6.45) is 3.43. The van der Waals surface area contributed by atoms with Crippen molar-refractivity contribution >= 4 is 5.95 Å². The molecule has 0 radical (unpaired) electrons. The zero-order valence-corrected chi connectivity index (χ0v) is 11.2. The molecule has 4 nitrogen and oxygen atoms in total. The predicted octanol–water partition coefficient (Wildman–Crippen LogP) is 2.47. The molecule has 1 fully saturated rings. The molecule has 4 heteroatoms. The molecule has 1 aromatic rings. The van der Waals surface area contributed by atoms with Crippen LogP contribution in [0.4, 0.5) is 5.95 Å². The number of aromatic nitrogens is 2. The fraction of sp³-hybridized carbons (Fsp3) is 0.769. The average Bonchev–Trinajstić information content (AvgIpc) is 2.84. The highest BCUT2D eigenvalue weighted by Crippen LogP contribution is 2.37. The Morgan fingerprint density at radius 1 is 1.65 bits per heavy atom. The minimum Gasteiger partial charge on any atom is -0.383 e. The van der Waals surface area contributed by atoms with E-state index < -0.39 is 0 Å². The van der Waals surface area contributed by atoms with Crippen molar-refractivity contribution in [2.24, 2.45) is 11.8 Å². The second-order valence-electron chi connectivity index (χ2n) is 5.27. The van der Waals surface area contributed by atoms with Crippen LogP contribution in [0.25, 0.3) is 0 Å². The first-order valence-electron chi connectivity index (χ1n) is 6.40. The molecule has 2 rings (SSSR count). The molecule has 17 heavy (non-hydrogen) atoms. The molecule has 1 aromatic heterocycles. The van der Waals surface area contributed by atoms with Gasteiger partial charge in [-0.1, -0.05) is 6.92 Å². The van der Waals surface area contributed by atoms with E-state index in [-0.39, 0.29) is 0 Å². The SMILES string of the molecule is COCC(C)n1cc(C)nc1NCC1CC1C. The Morgan fingerprint density at radius 3 is 2.94 bits per heavy atom. The third kappa shape index (κ3) is 3.00. The van der Waals surface area contributed by atoms with Crippen LogP contribution in [0.5, 0.6) is 0 Å². The van der Waals surface area contributed by atoms with E-state index in [0.717, 1.165) is 30.0 Å². The Labute approximate surface area is 103 Å². The second-order valence-corrected chi connectivity index (χ2v) is 5.27. The number of nitrogens with one attached hydrogen (secondary N) is 1. The number of hydrogen-bond acceptors (Lipinski definition) is 3. The lowest BCUT2D eigenvalue weighted by atomic mass is 10.3. The molecular weight excluding hydrogens is 214 g/mol. The molecule has 0 spiro atoms. The fourth-order valence-electron chi connectivity index (χ4n) is 2.21. The number of ether oxygens (including phenoxy) is 1. The molecule has 1 aliphatic rings. The summed E-state index contributed by atoms with van der Waals surface area (Å²) < 4.78 is 7.37. The van der Waals surface area contributed by atoms with Crippen LogP contribution < -0.4 is 5.32 Å². The smallest absolute Gasteiger partial charge is 0.203 e. The first-order valence-corrected chi connectivity index (χ1v) is 6.40. The van der Waals surface area contributed by atoms with Gasteiger partial charge in [-0.05, 0) is 32.1 Å². The number of rotatable bonds is 6. The normalized spacial score (nSPS) is 24.7. The summed E-state index contributed by atoms with van der Waals surface area (Å²) in [5.74, 6) is 2.69. The summed E-state index contributed by atoms with van der Waals surface area (Å²) in [5.41, 5.74) is 1.05. The molecule has 1 N–H and O–H groups in total. The molecule has 0 saturated heterocycles. The quantitative estimate of drug-likeness (QED) is 0.826. The summed E-state index contributed by atoms with van der Waals surface area (Å²) in [4.78, 5) is 4.54. The van der Waals surface area contributed by atoms with Crippen molar-refractivity contribution in [2.45, 2.75) is 33.2 Å². The van der Waals surface area contributed by atoms with Gasteiger partial charge in [-0.25, -0.2) is 4.98 Å². The third-order valence-corrected chi connectivity index (χ3v) is 3.53. The van der Waals surface area contributed by atoms with Gasteiger partial charge < -0.3 is 14.6 Å². The molecular formula is C13H23N3O. The number of hydrogen-bond donors (Lipinski definition) is 1. The van der Waals surface area contributed by atoms with Gasteiger partial charge in [0.05, 0.1) is 18.3 Å². The maximum absolute atomic E-state index is 5.20. The van der Waals surface area contributed by atoms with Gasteiger partial charge in [0.2, 0.25) is 5.95 Å². The molecule has 0 aromatic carbocycles. The Kier molecular flexibility index (Phi) is 3.72. The maximum Gasteiger partial charge on any atom is 0.203 e. The second kappa shape index (κ2) is 5.08. The number of anilines is 1. The van der Waals surface area contributed by atoms with Crippen molar-refractivity contribution in [3.8, 4) is 0 Å². The van der Waals surface area contributed by atoms with Gasteiger partial charge in [-0.2, -0.15) is 0 Å². The molecule has 96 valence electrons.